The molecule has 4 rings (SSSR count). The first-order valence-electron chi connectivity index (χ1n) is 15.4. The van der Waals surface area contributed by atoms with Crippen molar-refractivity contribution in [3.63, 3.8) is 0 Å². The summed E-state index contributed by atoms with van der Waals surface area (Å²) in [6, 6.07) is 33.1. The number of rotatable bonds is 18. The summed E-state index contributed by atoms with van der Waals surface area (Å²) in [5.41, 5.74) is 3.58. The molecule has 0 saturated carbocycles. The van der Waals surface area contributed by atoms with Crippen molar-refractivity contribution in [2.45, 2.75) is 58.0 Å². The Hall–Kier alpha value is -5.31. The molecule has 1 atom stereocenters. The minimum Gasteiger partial charge on any atom is -0.485 e. The molecule has 9 heteroatoms. The zero-order chi connectivity index (χ0) is 32.4. The lowest BCUT2D eigenvalue weighted by Gasteiger charge is -2.17. The smallest absolute Gasteiger partial charge is 0.407 e. The number of hydrogen-bond donors (Lipinski definition) is 3. The molecule has 46 heavy (non-hydrogen) atoms. The van der Waals surface area contributed by atoms with Crippen molar-refractivity contribution in [3.05, 3.63) is 131 Å². The molecular weight excluding hydrogens is 584 g/mol. The molecule has 0 aromatic heterocycles. The van der Waals surface area contributed by atoms with Gasteiger partial charge in [0.25, 0.3) is 0 Å². The van der Waals surface area contributed by atoms with Crippen LogP contribution in [0.1, 0.15) is 47.9 Å². The first-order chi connectivity index (χ1) is 22.5. The van der Waals surface area contributed by atoms with Gasteiger partial charge >= 0.3 is 12.1 Å². The average molecular weight is 625 g/mol. The molecule has 2 amide bonds. The Morgan fingerprint density at radius 3 is 1.78 bits per heavy atom. The summed E-state index contributed by atoms with van der Waals surface area (Å²) in [5, 5.41) is 15.2. The number of carbonyl (C=O) groups excluding carboxylic acids is 2. The van der Waals surface area contributed by atoms with E-state index in [1.54, 1.807) is 18.2 Å². The van der Waals surface area contributed by atoms with Gasteiger partial charge in [0.1, 0.15) is 25.9 Å². The van der Waals surface area contributed by atoms with E-state index < -0.39 is 18.1 Å². The summed E-state index contributed by atoms with van der Waals surface area (Å²) < 4.78 is 17.4. The Balaban J connectivity index is 1.24. The molecule has 0 aliphatic rings. The topological polar surface area (TPSA) is 123 Å². The van der Waals surface area contributed by atoms with Crippen molar-refractivity contribution in [1.82, 2.24) is 10.6 Å². The van der Waals surface area contributed by atoms with Crippen LogP contribution in [0.3, 0.4) is 0 Å². The largest absolute Gasteiger partial charge is 0.485 e. The van der Waals surface area contributed by atoms with E-state index >= 15 is 0 Å². The Morgan fingerprint density at radius 2 is 1.20 bits per heavy atom. The fourth-order valence-electron chi connectivity index (χ4n) is 4.64. The number of nitrogens with one attached hydrogen (secondary N) is 2. The molecule has 0 bridgehead atoms. The zero-order valence-corrected chi connectivity index (χ0v) is 25.7. The molecule has 4 aromatic carbocycles. The quantitative estimate of drug-likeness (QED) is 0.109. The molecule has 240 valence electrons. The molecule has 0 spiro atoms. The van der Waals surface area contributed by atoms with Gasteiger partial charge < -0.3 is 30.0 Å². The molecule has 0 heterocycles. The van der Waals surface area contributed by atoms with E-state index in [1.165, 1.54) is 0 Å². The lowest BCUT2D eigenvalue weighted by Crippen LogP contribution is -2.42. The highest BCUT2D eigenvalue weighted by molar-refractivity contribution is 5.83. The molecule has 0 saturated heterocycles. The number of carbonyl (C=O) groups is 3. The Bertz CT molecular complexity index is 1520. The fraction of sp³-hybridized carbons (Fsp3) is 0.270. The molecular formula is C37H40N2O7. The van der Waals surface area contributed by atoms with Gasteiger partial charge in [-0.05, 0) is 47.2 Å². The third-order valence-electron chi connectivity index (χ3n) is 7.12. The van der Waals surface area contributed by atoms with Crippen LogP contribution in [0.15, 0.2) is 109 Å². The first-order valence-corrected chi connectivity index (χ1v) is 15.4. The van der Waals surface area contributed by atoms with Gasteiger partial charge in [-0.2, -0.15) is 0 Å². The summed E-state index contributed by atoms with van der Waals surface area (Å²) in [6.07, 6.45) is 1.69. The normalized spacial score (nSPS) is 11.2. The highest BCUT2D eigenvalue weighted by Gasteiger charge is 2.21. The van der Waals surface area contributed by atoms with Crippen molar-refractivity contribution in [3.8, 4) is 11.5 Å². The van der Waals surface area contributed by atoms with Gasteiger partial charge in [-0.3, -0.25) is 4.79 Å². The van der Waals surface area contributed by atoms with Crippen molar-refractivity contribution < 1.29 is 33.7 Å². The Kier molecular flexibility index (Phi) is 13.5. The molecule has 9 nitrogen and oxygen atoms in total. The van der Waals surface area contributed by atoms with Crippen LogP contribution in [-0.2, 0) is 40.6 Å². The highest BCUT2D eigenvalue weighted by Crippen LogP contribution is 2.30. The molecule has 0 aliphatic carbocycles. The zero-order valence-electron chi connectivity index (χ0n) is 25.7. The number of aliphatic carboxylic acids is 1. The molecule has 0 aliphatic heterocycles. The van der Waals surface area contributed by atoms with Gasteiger partial charge in [-0.25, -0.2) is 9.59 Å². The summed E-state index contributed by atoms with van der Waals surface area (Å²) in [7, 11) is 0. The molecule has 0 fully saturated rings. The van der Waals surface area contributed by atoms with Crippen molar-refractivity contribution in [2.75, 3.05) is 6.54 Å². The summed E-state index contributed by atoms with van der Waals surface area (Å²) >= 11 is 0. The lowest BCUT2D eigenvalue weighted by molar-refractivity contribution is -0.141. The van der Waals surface area contributed by atoms with Crippen LogP contribution in [0.4, 0.5) is 4.79 Å². The molecule has 4 aromatic rings. The number of ether oxygens (including phenoxy) is 3. The van der Waals surface area contributed by atoms with Crippen LogP contribution in [0.25, 0.3) is 0 Å². The van der Waals surface area contributed by atoms with Crippen LogP contribution in [0.2, 0.25) is 0 Å². The van der Waals surface area contributed by atoms with Gasteiger partial charge in [-0.15, -0.1) is 0 Å². The SMILES string of the molecule is O=C(CCCCCNC(=O)OCc1ccccc1)N[C@H](Cc1ccc(OCc2ccccc2)c(OCc2ccccc2)c1)C(=O)O. The van der Waals surface area contributed by atoms with Crippen molar-refractivity contribution in [1.29, 1.82) is 0 Å². The average Bonchev–Trinajstić information content (AvgIpc) is 3.08. The van der Waals surface area contributed by atoms with Crippen LogP contribution in [0.5, 0.6) is 11.5 Å². The van der Waals surface area contributed by atoms with Gasteiger partial charge in [0.2, 0.25) is 5.91 Å². The van der Waals surface area contributed by atoms with Crippen molar-refractivity contribution >= 4 is 18.0 Å². The highest BCUT2D eigenvalue weighted by atomic mass is 16.5. The van der Waals surface area contributed by atoms with Crippen LogP contribution in [-0.4, -0.2) is 35.7 Å². The summed E-state index contributed by atoms with van der Waals surface area (Å²) in [5.74, 6) is -0.433. The number of hydrogen-bond acceptors (Lipinski definition) is 6. The molecule has 3 N–H and O–H groups in total. The number of carboxylic acids is 1. The van der Waals surface area contributed by atoms with Gasteiger partial charge in [0.05, 0.1) is 0 Å². The predicted molar refractivity (Wildman–Crippen MR) is 174 cm³/mol. The summed E-state index contributed by atoms with van der Waals surface area (Å²) in [4.78, 5) is 36.5. The van der Waals surface area contributed by atoms with E-state index in [2.05, 4.69) is 10.6 Å². The van der Waals surface area contributed by atoms with Crippen LogP contribution >= 0.6 is 0 Å². The lowest BCUT2D eigenvalue weighted by atomic mass is 10.0. The minimum absolute atomic E-state index is 0.0801. The third kappa shape index (κ3) is 12.0. The number of carboxylic acid groups (broad SMARTS) is 1. The van der Waals surface area contributed by atoms with Gasteiger partial charge in [-0.1, -0.05) is 103 Å². The second kappa shape index (κ2) is 18.5. The summed E-state index contributed by atoms with van der Waals surface area (Å²) in [6.45, 7) is 1.29. The molecule has 0 unspecified atom stereocenters. The molecule has 0 radical (unpaired) electrons. The Morgan fingerprint density at radius 1 is 0.630 bits per heavy atom. The first kappa shape index (κ1) is 33.6. The number of alkyl carbamates (subject to hydrolysis) is 1. The van der Waals surface area contributed by atoms with E-state index in [0.29, 0.717) is 56.1 Å². The van der Waals surface area contributed by atoms with E-state index in [0.717, 1.165) is 16.7 Å². The third-order valence-corrected chi connectivity index (χ3v) is 7.12. The number of amides is 2. The van der Waals surface area contributed by atoms with Crippen LogP contribution < -0.4 is 20.1 Å². The maximum absolute atomic E-state index is 12.6. The van der Waals surface area contributed by atoms with Gasteiger partial charge in [0.15, 0.2) is 11.5 Å². The predicted octanol–water partition coefficient (Wildman–Crippen LogP) is 6.44. The number of benzene rings is 4. The van der Waals surface area contributed by atoms with Gasteiger partial charge in [0, 0.05) is 19.4 Å². The minimum atomic E-state index is -1.12. The fourth-order valence-corrected chi connectivity index (χ4v) is 4.64. The number of unbranched alkanes of at least 4 members (excludes halogenated alkanes) is 2. The second-order valence-electron chi connectivity index (χ2n) is 10.8. The van der Waals surface area contributed by atoms with E-state index in [1.807, 2.05) is 91.0 Å². The maximum atomic E-state index is 12.6. The van der Waals surface area contributed by atoms with E-state index in [4.69, 9.17) is 14.2 Å². The van der Waals surface area contributed by atoms with Crippen molar-refractivity contribution in [2.24, 2.45) is 0 Å². The second-order valence-corrected chi connectivity index (χ2v) is 10.8. The maximum Gasteiger partial charge on any atom is 0.407 e. The standard InChI is InChI=1S/C37H40N2O7/c40-35(19-11-4-12-22-38-37(43)46-27-30-17-9-3-10-18-30)39-32(36(41)42)23-31-20-21-33(44-25-28-13-5-1-6-14-28)34(24-31)45-26-29-15-7-2-8-16-29/h1-3,5-10,13-18,20-21,24,32H,4,11-12,19,22-23,25-27H2,(H,38,43)(H,39,40)(H,41,42)/t32-/m1/s1. The monoisotopic (exact) mass is 624 g/mol. The van der Waals surface area contributed by atoms with Crippen LogP contribution in [0, 0.1) is 0 Å². The van der Waals surface area contributed by atoms with E-state index in [-0.39, 0.29) is 25.4 Å². The Labute approximate surface area is 269 Å². The van der Waals surface area contributed by atoms with E-state index in [9.17, 15) is 19.5 Å².